The molecule has 8 heteroatoms. The molecule has 0 saturated heterocycles. The summed E-state index contributed by atoms with van der Waals surface area (Å²) in [5, 5.41) is 16.4. The number of anilines is 1. The zero-order valence-corrected chi connectivity index (χ0v) is 11.7. The van der Waals surface area contributed by atoms with Crippen LogP contribution in [0.4, 0.5) is 5.82 Å². The number of aliphatic carboxylic acids is 1. The van der Waals surface area contributed by atoms with E-state index in [0.29, 0.717) is 22.6 Å². The van der Waals surface area contributed by atoms with Crippen molar-refractivity contribution in [3.05, 3.63) is 36.8 Å². The molecular weight excluding hydrogens is 286 g/mol. The number of hydrogen-bond acceptors (Lipinski definition) is 6. The number of carboxylic acid groups (broad SMARTS) is 1. The molecule has 0 spiro atoms. The molecule has 0 aliphatic heterocycles. The van der Waals surface area contributed by atoms with Gasteiger partial charge in [-0.2, -0.15) is 5.10 Å². The SMILES string of the molecule is COc1cccc(-n2ncc3c(NCC(=O)O)ncnc32)c1. The quantitative estimate of drug-likeness (QED) is 0.732. The molecule has 0 fully saturated rings. The molecule has 2 N–H and O–H groups in total. The van der Waals surface area contributed by atoms with Crippen LogP contribution in [0.15, 0.2) is 36.8 Å². The molecule has 112 valence electrons. The van der Waals surface area contributed by atoms with Gasteiger partial charge in [0.15, 0.2) is 5.65 Å². The van der Waals surface area contributed by atoms with Crippen molar-refractivity contribution in [1.29, 1.82) is 0 Å². The summed E-state index contributed by atoms with van der Waals surface area (Å²) in [5.41, 5.74) is 1.37. The van der Waals surface area contributed by atoms with Crippen LogP contribution in [0.2, 0.25) is 0 Å². The topological polar surface area (TPSA) is 102 Å². The lowest BCUT2D eigenvalue weighted by atomic mass is 10.3. The van der Waals surface area contributed by atoms with Crippen molar-refractivity contribution < 1.29 is 14.6 Å². The summed E-state index contributed by atoms with van der Waals surface area (Å²) in [4.78, 5) is 18.9. The summed E-state index contributed by atoms with van der Waals surface area (Å²) < 4.78 is 6.85. The van der Waals surface area contributed by atoms with E-state index in [4.69, 9.17) is 9.84 Å². The normalized spacial score (nSPS) is 10.6. The van der Waals surface area contributed by atoms with Crippen LogP contribution in [0, 0.1) is 0 Å². The molecule has 0 unspecified atom stereocenters. The molecule has 0 aliphatic rings. The fraction of sp³-hybridized carbons (Fsp3) is 0.143. The number of methoxy groups -OCH3 is 1. The number of ether oxygens (including phenoxy) is 1. The minimum atomic E-state index is -0.966. The highest BCUT2D eigenvalue weighted by molar-refractivity contribution is 5.88. The maximum Gasteiger partial charge on any atom is 0.322 e. The third-order valence-electron chi connectivity index (χ3n) is 3.07. The van der Waals surface area contributed by atoms with Crippen molar-refractivity contribution in [2.75, 3.05) is 19.0 Å². The van der Waals surface area contributed by atoms with E-state index in [2.05, 4.69) is 20.4 Å². The van der Waals surface area contributed by atoms with Gasteiger partial charge in [0, 0.05) is 6.07 Å². The van der Waals surface area contributed by atoms with E-state index in [1.807, 2.05) is 24.3 Å². The van der Waals surface area contributed by atoms with Gasteiger partial charge < -0.3 is 15.2 Å². The summed E-state index contributed by atoms with van der Waals surface area (Å²) >= 11 is 0. The van der Waals surface area contributed by atoms with Crippen LogP contribution < -0.4 is 10.1 Å². The summed E-state index contributed by atoms with van der Waals surface area (Å²) in [6.07, 6.45) is 2.96. The number of nitrogens with one attached hydrogen (secondary N) is 1. The number of benzene rings is 1. The molecule has 0 radical (unpaired) electrons. The van der Waals surface area contributed by atoms with Gasteiger partial charge in [0.05, 0.1) is 24.4 Å². The van der Waals surface area contributed by atoms with Crippen molar-refractivity contribution in [3.63, 3.8) is 0 Å². The van der Waals surface area contributed by atoms with E-state index in [-0.39, 0.29) is 6.54 Å². The fourth-order valence-electron chi connectivity index (χ4n) is 2.08. The Hall–Kier alpha value is -3.16. The predicted octanol–water partition coefficient (Wildman–Crippen LogP) is 1.32. The Morgan fingerprint density at radius 1 is 1.41 bits per heavy atom. The third-order valence-corrected chi connectivity index (χ3v) is 3.07. The van der Waals surface area contributed by atoms with Crippen LogP contribution in [-0.4, -0.2) is 44.5 Å². The maximum atomic E-state index is 10.7. The average molecular weight is 299 g/mol. The van der Waals surface area contributed by atoms with Gasteiger partial charge in [-0.05, 0) is 12.1 Å². The second-order valence-electron chi connectivity index (χ2n) is 4.46. The molecule has 1 aromatic carbocycles. The van der Waals surface area contributed by atoms with E-state index in [1.165, 1.54) is 6.33 Å². The number of hydrogen-bond donors (Lipinski definition) is 2. The molecular formula is C14H13N5O3. The molecule has 8 nitrogen and oxygen atoms in total. The molecule has 3 rings (SSSR count). The largest absolute Gasteiger partial charge is 0.497 e. The lowest BCUT2D eigenvalue weighted by Crippen LogP contribution is -2.13. The molecule has 2 heterocycles. The Bertz CT molecular complexity index is 830. The maximum absolute atomic E-state index is 10.7. The van der Waals surface area contributed by atoms with Crippen LogP contribution in [0.5, 0.6) is 5.75 Å². The summed E-state index contributed by atoms with van der Waals surface area (Å²) in [6.45, 7) is -0.226. The third kappa shape index (κ3) is 2.53. The first-order valence-electron chi connectivity index (χ1n) is 6.48. The van der Waals surface area contributed by atoms with E-state index < -0.39 is 5.97 Å². The molecule has 0 atom stereocenters. The number of fused-ring (bicyclic) bond motifs is 1. The second kappa shape index (κ2) is 5.68. The van der Waals surface area contributed by atoms with Crippen LogP contribution >= 0.6 is 0 Å². The van der Waals surface area contributed by atoms with Gasteiger partial charge in [-0.25, -0.2) is 14.6 Å². The van der Waals surface area contributed by atoms with Gasteiger partial charge in [0.2, 0.25) is 0 Å². The van der Waals surface area contributed by atoms with E-state index >= 15 is 0 Å². The van der Waals surface area contributed by atoms with Gasteiger partial charge in [0.25, 0.3) is 0 Å². The molecule has 22 heavy (non-hydrogen) atoms. The first kappa shape index (κ1) is 13.8. The van der Waals surface area contributed by atoms with Crippen molar-refractivity contribution in [2.45, 2.75) is 0 Å². The van der Waals surface area contributed by atoms with E-state index in [0.717, 1.165) is 5.69 Å². The van der Waals surface area contributed by atoms with Crippen LogP contribution in [0.3, 0.4) is 0 Å². The molecule has 0 aliphatic carbocycles. The fourth-order valence-corrected chi connectivity index (χ4v) is 2.08. The van der Waals surface area contributed by atoms with Crippen LogP contribution in [0.25, 0.3) is 16.7 Å². The van der Waals surface area contributed by atoms with Crippen LogP contribution in [-0.2, 0) is 4.79 Å². The second-order valence-corrected chi connectivity index (χ2v) is 4.46. The Balaban J connectivity index is 2.05. The molecule has 2 aromatic heterocycles. The highest BCUT2D eigenvalue weighted by Gasteiger charge is 2.12. The van der Waals surface area contributed by atoms with E-state index in [1.54, 1.807) is 18.0 Å². The summed E-state index contributed by atoms with van der Waals surface area (Å²) in [5.74, 6) is 0.174. The first-order valence-corrected chi connectivity index (χ1v) is 6.48. The van der Waals surface area contributed by atoms with Crippen molar-refractivity contribution in [2.24, 2.45) is 0 Å². The van der Waals surface area contributed by atoms with Gasteiger partial charge in [0.1, 0.15) is 24.4 Å². The van der Waals surface area contributed by atoms with Gasteiger partial charge in [-0.15, -0.1) is 0 Å². The molecule has 0 bridgehead atoms. The zero-order chi connectivity index (χ0) is 15.5. The monoisotopic (exact) mass is 299 g/mol. The average Bonchev–Trinajstić information content (AvgIpc) is 2.97. The van der Waals surface area contributed by atoms with Crippen LogP contribution in [0.1, 0.15) is 0 Å². The van der Waals surface area contributed by atoms with Crippen molar-refractivity contribution in [1.82, 2.24) is 19.7 Å². The van der Waals surface area contributed by atoms with Gasteiger partial charge >= 0.3 is 5.97 Å². The number of aromatic nitrogens is 4. The predicted molar refractivity (Wildman–Crippen MR) is 79.3 cm³/mol. The Morgan fingerprint density at radius 2 is 2.27 bits per heavy atom. The zero-order valence-electron chi connectivity index (χ0n) is 11.7. The lowest BCUT2D eigenvalue weighted by Gasteiger charge is -2.06. The highest BCUT2D eigenvalue weighted by atomic mass is 16.5. The molecule has 0 amide bonds. The number of rotatable bonds is 5. The number of carboxylic acids is 1. The Labute approximate surface area is 125 Å². The Kier molecular flexibility index (Phi) is 3.57. The minimum absolute atomic E-state index is 0.226. The van der Waals surface area contributed by atoms with Gasteiger partial charge in [-0.1, -0.05) is 6.07 Å². The highest BCUT2D eigenvalue weighted by Crippen LogP contribution is 2.23. The smallest absolute Gasteiger partial charge is 0.322 e. The summed E-state index contributed by atoms with van der Waals surface area (Å²) in [6, 6.07) is 7.40. The summed E-state index contributed by atoms with van der Waals surface area (Å²) in [7, 11) is 1.59. The number of carbonyl (C=O) groups is 1. The van der Waals surface area contributed by atoms with E-state index in [9.17, 15) is 4.79 Å². The van der Waals surface area contributed by atoms with Crippen molar-refractivity contribution in [3.8, 4) is 11.4 Å². The first-order chi connectivity index (χ1) is 10.7. The standard InChI is InChI=1S/C14H13N5O3/c1-22-10-4-2-3-9(5-10)19-14-11(6-18-19)13(16-8-17-14)15-7-12(20)21/h2-6,8H,7H2,1H3,(H,20,21)(H,15,16,17). The Morgan fingerprint density at radius 3 is 3.05 bits per heavy atom. The minimum Gasteiger partial charge on any atom is -0.497 e. The van der Waals surface area contributed by atoms with Crippen molar-refractivity contribution >= 4 is 22.8 Å². The molecule has 0 saturated carbocycles. The lowest BCUT2D eigenvalue weighted by molar-refractivity contribution is -0.134. The van der Waals surface area contributed by atoms with Gasteiger partial charge in [-0.3, -0.25) is 4.79 Å². The molecule has 3 aromatic rings. The number of nitrogens with zero attached hydrogens (tertiary/aromatic N) is 4.